The van der Waals surface area contributed by atoms with Crippen LogP contribution in [0.15, 0.2) is 24.3 Å². The van der Waals surface area contributed by atoms with Crippen LogP contribution in [0.1, 0.15) is 23.2 Å². The zero-order valence-electron chi connectivity index (χ0n) is 11.0. The van der Waals surface area contributed by atoms with E-state index in [9.17, 15) is 9.59 Å². The number of fused-ring (bicyclic) bond motifs is 2. The first-order valence-electron chi connectivity index (χ1n) is 6.67. The average Bonchev–Trinajstić information content (AvgIpc) is 3.04. The van der Waals surface area contributed by atoms with Crippen molar-refractivity contribution in [1.82, 2.24) is 0 Å². The zero-order valence-corrected chi connectivity index (χ0v) is 12.5. The molecule has 21 heavy (non-hydrogen) atoms. The summed E-state index contributed by atoms with van der Waals surface area (Å²) in [6, 6.07) is 2.57. The van der Waals surface area contributed by atoms with Gasteiger partial charge in [-0.1, -0.05) is 35.4 Å². The van der Waals surface area contributed by atoms with Crippen molar-refractivity contribution in [2.24, 2.45) is 17.8 Å². The first-order chi connectivity index (χ1) is 9.95. The third-order valence-electron chi connectivity index (χ3n) is 4.15. The van der Waals surface area contributed by atoms with E-state index in [0.717, 1.165) is 12.8 Å². The van der Waals surface area contributed by atoms with Crippen LogP contribution in [-0.4, -0.2) is 17.0 Å². The molecular formula is C15H13Cl2NO3. The molecule has 6 heteroatoms. The summed E-state index contributed by atoms with van der Waals surface area (Å²) in [6.07, 6.45) is 6.12. The van der Waals surface area contributed by atoms with E-state index >= 15 is 0 Å². The van der Waals surface area contributed by atoms with Crippen LogP contribution in [0.3, 0.4) is 0 Å². The Morgan fingerprint density at radius 3 is 2.29 bits per heavy atom. The summed E-state index contributed by atoms with van der Waals surface area (Å²) in [6.45, 7) is 0. The lowest BCUT2D eigenvalue weighted by molar-refractivity contribution is -0.120. The van der Waals surface area contributed by atoms with Crippen molar-refractivity contribution in [2.45, 2.75) is 12.8 Å². The topological polar surface area (TPSA) is 66.4 Å². The summed E-state index contributed by atoms with van der Waals surface area (Å²) < 4.78 is 0. The molecule has 0 aliphatic heterocycles. The summed E-state index contributed by atoms with van der Waals surface area (Å²) in [5, 5.41) is 11.9. The first-order valence-corrected chi connectivity index (χ1v) is 7.43. The molecule has 1 aromatic carbocycles. The summed E-state index contributed by atoms with van der Waals surface area (Å²) in [4.78, 5) is 23.3. The highest BCUT2D eigenvalue weighted by molar-refractivity contribution is 6.40. The van der Waals surface area contributed by atoms with Crippen LogP contribution in [0.5, 0.6) is 0 Å². The predicted octanol–water partition coefficient (Wildman–Crippen LogP) is 3.84. The van der Waals surface area contributed by atoms with E-state index in [1.165, 1.54) is 12.1 Å². The van der Waals surface area contributed by atoms with Gasteiger partial charge in [-0.2, -0.15) is 0 Å². The van der Waals surface area contributed by atoms with Crippen molar-refractivity contribution in [2.75, 3.05) is 5.32 Å². The molecule has 1 fully saturated rings. The summed E-state index contributed by atoms with van der Waals surface area (Å²) >= 11 is 12.1. The van der Waals surface area contributed by atoms with E-state index in [4.69, 9.17) is 28.3 Å². The van der Waals surface area contributed by atoms with Crippen molar-refractivity contribution in [1.29, 1.82) is 0 Å². The number of hydrogen-bond donors (Lipinski definition) is 2. The number of carboxylic acids is 1. The van der Waals surface area contributed by atoms with E-state index < -0.39 is 5.97 Å². The number of carbonyl (C=O) groups excluding carboxylic acids is 1. The lowest BCUT2D eigenvalue weighted by Crippen LogP contribution is -2.26. The highest BCUT2D eigenvalue weighted by Crippen LogP contribution is 2.44. The SMILES string of the molecule is O=C(O)c1cc(Cl)c(NC(=O)C2CC3C=CC2C3)c(Cl)c1. The Bertz CT molecular complexity index is 633. The Labute approximate surface area is 131 Å². The van der Waals surface area contributed by atoms with Crippen molar-refractivity contribution in [3.05, 3.63) is 39.9 Å². The molecule has 3 atom stereocenters. The maximum Gasteiger partial charge on any atom is 0.335 e. The molecule has 1 saturated carbocycles. The van der Waals surface area contributed by atoms with Crippen LogP contribution in [0.4, 0.5) is 5.69 Å². The third kappa shape index (κ3) is 2.65. The largest absolute Gasteiger partial charge is 0.478 e. The van der Waals surface area contributed by atoms with Crippen LogP contribution in [0.25, 0.3) is 0 Å². The number of hydrogen-bond acceptors (Lipinski definition) is 2. The van der Waals surface area contributed by atoms with Crippen LogP contribution < -0.4 is 5.32 Å². The molecule has 0 heterocycles. The van der Waals surface area contributed by atoms with Crippen LogP contribution in [-0.2, 0) is 4.79 Å². The molecule has 4 nitrogen and oxygen atoms in total. The molecule has 2 aliphatic rings. The molecule has 1 amide bonds. The molecule has 3 rings (SSSR count). The molecule has 0 saturated heterocycles. The Kier molecular flexibility index (Phi) is 3.68. The number of halogens is 2. The van der Waals surface area contributed by atoms with Gasteiger partial charge in [0.2, 0.25) is 5.91 Å². The van der Waals surface area contributed by atoms with Crippen molar-refractivity contribution in [3.8, 4) is 0 Å². The fraction of sp³-hybridized carbons (Fsp3) is 0.333. The van der Waals surface area contributed by atoms with Gasteiger partial charge in [0.15, 0.2) is 0 Å². The lowest BCUT2D eigenvalue weighted by Gasteiger charge is -2.18. The quantitative estimate of drug-likeness (QED) is 0.829. The number of amides is 1. The smallest absolute Gasteiger partial charge is 0.335 e. The monoisotopic (exact) mass is 325 g/mol. The maximum absolute atomic E-state index is 12.3. The van der Waals surface area contributed by atoms with Crippen molar-refractivity contribution < 1.29 is 14.7 Å². The third-order valence-corrected chi connectivity index (χ3v) is 4.75. The zero-order chi connectivity index (χ0) is 15.1. The maximum atomic E-state index is 12.3. The van der Waals surface area contributed by atoms with Gasteiger partial charge in [-0.05, 0) is 36.8 Å². The molecule has 2 bridgehead atoms. The number of rotatable bonds is 3. The van der Waals surface area contributed by atoms with Gasteiger partial charge < -0.3 is 10.4 Å². The molecule has 0 radical (unpaired) electrons. The van der Waals surface area contributed by atoms with Crippen LogP contribution >= 0.6 is 23.2 Å². The summed E-state index contributed by atoms with van der Waals surface area (Å²) in [5.41, 5.74) is 0.269. The summed E-state index contributed by atoms with van der Waals surface area (Å²) in [7, 11) is 0. The van der Waals surface area contributed by atoms with Gasteiger partial charge >= 0.3 is 5.97 Å². The van der Waals surface area contributed by atoms with Crippen LogP contribution in [0, 0.1) is 17.8 Å². The second-order valence-corrected chi connectivity index (χ2v) is 6.31. The Morgan fingerprint density at radius 2 is 1.81 bits per heavy atom. The minimum absolute atomic E-state index is 0.00847. The number of anilines is 1. The number of aromatic carboxylic acids is 1. The second-order valence-electron chi connectivity index (χ2n) is 5.50. The molecule has 2 N–H and O–H groups in total. The van der Waals surface area contributed by atoms with Gasteiger partial charge in [-0.15, -0.1) is 0 Å². The van der Waals surface area contributed by atoms with E-state index in [-0.39, 0.29) is 39.0 Å². The molecule has 3 unspecified atom stereocenters. The molecule has 110 valence electrons. The Hall–Kier alpha value is -1.52. The minimum Gasteiger partial charge on any atom is -0.478 e. The number of benzene rings is 1. The standard InChI is InChI=1S/C15H13Cl2NO3/c16-11-5-9(15(20)21)6-12(17)13(11)18-14(19)10-4-7-1-2-8(10)3-7/h1-2,5-8,10H,3-4H2,(H,18,19)(H,20,21). The molecule has 1 aromatic rings. The van der Waals surface area contributed by atoms with Crippen molar-refractivity contribution >= 4 is 40.8 Å². The number of allylic oxidation sites excluding steroid dienone is 2. The number of nitrogens with one attached hydrogen (secondary N) is 1. The van der Waals surface area contributed by atoms with Crippen LogP contribution in [0.2, 0.25) is 10.0 Å². The van der Waals surface area contributed by atoms with Gasteiger partial charge in [-0.3, -0.25) is 4.79 Å². The van der Waals surface area contributed by atoms with Crippen molar-refractivity contribution in [3.63, 3.8) is 0 Å². The highest BCUT2D eigenvalue weighted by atomic mass is 35.5. The Balaban J connectivity index is 1.80. The Morgan fingerprint density at radius 1 is 1.14 bits per heavy atom. The predicted molar refractivity (Wildman–Crippen MR) is 80.9 cm³/mol. The van der Waals surface area contributed by atoms with E-state index in [1.807, 2.05) is 0 Å². The normalized spacial score (nSPS) is 26.1. The molecule has 0 aromatic heterocycles. The van der Waals surface area contributed by atoms with Gasteiger partial charge in [-0.25, -0.2) is 4.79 Å². The number of carboxylic acid groups (broad SMARTS) is 1. The van der Waals surface area contributed by atoms with E-state index in [2.05, 4.69) is 17.5 Å². The average molecular weight is 326 g/mol. The number of carbonyl (C=O) groups is 2. The fourth-order valence-electron chi connectivity index (χ4n) is 3.11. The highest BCUT2D eigenvalue weighted by Gasteiger charge is 2.40. The minimum atomic E-state index is -1.12. The van der Waals surface area contributed by atoms with Gasteiger partial charge in [0, 0.05) is 5.92 Å². The fourth-order valence-corrected chi connectivity index (χ4v) is 3.70. The van der Waals surface area contributed by atoms with E-state index in [0.29, 0.717) is 5.92 Å². The summed E-state index contributed by atoms with van der Waals surface area (Å²) in [5.74, 6) is -0.517. The van der Waals surface area contributed by atoms with E-state index in [1.54, 1.807) is 0 Å². The van der Waals surface area contributed by atoms with Gasteiger partial charge in [0.05, 0.1) is 21.3 Å². The first kappa shape index (κ1) is 14.4. The van der Waals surface area contributed by atoms with Gasteiger partial charge in [0.25, 0.3) is 0 Å². The lowest BCUT2D eigenvalue weighted by atomic mass is 9.93. The van der Waals surface area contributed by atoms with Gasteiger partial charge in [0.1, 0.15) is 0 Å². The second kappa shape index (κ2) is 5.35. The molecular weight excluding hydrogens is 313 g/mol. The molecule has 0 spiro atoms. The molecule has 2 aliphatic carbocycles.